The lowest BCUT2D eigenvalue weighted by atomic mass is 10.0. The van der Waals surface area contributed by atoms with E-state index in [1.165, 1.54) is 12.1 Å². The van der Waals surface area contributed by atoms with Crippen molar-refractivity contribution < 1.29 is 14.0 Å². The predicted octanol–water partition coefficient (Wildman–Crippen LogP) is 1.82. The summed E-state index contributed by atoms with van der Waals surface area (Å²) in [6.45, 7) is 0. The zero-order valence-electron chi connectivity index (χ0n) is 10.4. The second-order valence-electron chi connectivity index (χ2n) is 5.26. The topological polar surface area (TPSA) is 58.2 Å². The average molecular weight is 262 g/mol. The smallest absolute Gasteiger partial charge is 0.240 e. The van der Waals surface area contributed by atoms with Gasteiger partial charge in [-0.25, -0.2) is 4.39 Å². The molecule has 3 rings (SSSR count). The normalized spacial score (nSPS) is 19.6. The third kappa shape index (κ3) is 2.32. The number of hydrogen-bond donors (Lipinski definition) is 2. The number of para-hydroxylation sites is 1. The van der Waals surface area contributed by atoms with Gasteiger partial charge in [-0.05, 0) is 37.8 Å². The van der Waals surface area contributed by atoms with Crippen molar-refractivity contribution in [1.29, 1.82) is 0 Å². The second kappa shape index (κ2) is 4.33. The molecular weight excluding hydrogens is 247 g/mol. The van der Waals surface area contributed by atoms with Crippen molar-refractivity contribution in [2.75, 3.05) is 5.32 Å². The van der Waals surface area contributed by atoms with E-state index in [4.69, 9.17) is 0 Å². The van der Waals surface area contributed by atoms with Gasteiger partial charge in [0.25, 0.3) is 0 Å². The summed E-state index contributed by atoms with van der Waals surface area (Å²) in [6, 6.07) is 6.19. The first-order chi connectivity index (χ1) is 9.12. The highest BCUT2D eigenvalue weighted by atomic mass is 19.1. The minimum atomic E-state index is -0.981. The van der Waals surface area contributed by atoms with Crippen molar-refractivity contribution in [3.8, 4) is 0 Å². The highest BCUT2D eigenvalue weighted by Crippen LogP contribution is 2.47. The van der Waals surface area contributed by atoms with E-state index in [-0.39, 0.29) is 17.6 Å². The van der Waals surface area contributed by atoms with E-state index in [1.54, 1.807) is 12.1 Å². The fourth-order valence-corrected chi connectivity index (χ4v) is 2.04. The summed E-state index contributed by atoms with van der Waals surface area (Å²) in [6.07, 6.45) is 3.03. The summed E-state index contributed by atoms with van der Waals surface area (Å²) in [5.41, 5.74) is -0.858. The first-order valence-electron chi connectivity index (χ1n) is 6.49. The van der Waals surface area contributed by atoms with Crippen molar-refractivity contribution in [1.82, 2.24) is 5.32 Å². The number of rotatable bonds is 4. The first kappa shape index (κ1) is 12.1. The number of carbonyl (C=O) groups excluding carboxylic acids is 2. The number of nitrogens with one attached hydrogen (secondary N) is 2. The molecule has 0 saturated heterocycles. The van der Waals surface area contributed by atoms with E-state index in [1.807, 2.05) is 0 Å². The Balaban J connectivity index is 1.69. The molecule has 0 spiro atoms. The molecule has 0 heterocycles. The largest absolute Gasteiger partial charge is 0.352 e. The van der Waals surface area contributed by atoms with Crippen LogP contribution in [0.3, 0.4) is 0 Å². The van der Waals surface area contributed by atoms with E-state index in [0.717, 1.165) is 12.8 Å². The molecular formula is C14H15FN2O2. The first-order valence-corrected chi connectivity index (χ1v) is 6.49. The van der Waals surface area contributed by atoms with Crippen LogP contribution in [0.4, 0.5) is 10.1 Å². The zero-order chi connectivity index (χ0) is 13.5. The Morgan fingerprint density at radius 2 is 1.84 bits per heavy atom. The molecule has 0 atom stereocenters. The highest BCUT2D eigenvalue weighted by molar-refractivity contribution is 6.13. The Kier molecular flexibility index (Phi) is 2.77. The van der Waals surface area contributed by atoms with Crippen LogP contribution < -0.4 is 10.6 Å². The van der Waals surface area contributed by atoms with Gasteiger partial charge in [-0.1, -0.05) is 12.1 Å². The molecule has 2 fully saturated rings. The van der Waals surface area contributed by atoms with Gasteiger partial charge < -0.3 is 10.6 Å². The van der Waals surface area contributed by atoms with E-state index in [2.05, 4.69) is 10.6 Å². The van der Waals surface area contributed by atoms with Gasteiger partial charge in [-0.3, -0.25) is 9.59 Å². The van der Waals surface area contributed by atoms with E-state index in [0.29, 0.717) is 12.8 Å². The highest BCUT2D eigenvalue weighted by Gasteiger charge is 2.57. The Morgan fingerprint density at radius 1 is 1.16 bits per heavy atom. The molecule has 5 heteroatoms. The van der Waals surface area contributed by atoms with Crippen LogP contribution in [-0.4, -0.2) is 17.9 Å². The molecule has 0 unspecified atom stereocenters. The average Bonchev–Trinajstić information content (AvgIpc) is 3.25. The summed E-state index contributed by atoms with van der Waals surface area (Å²) < 4.78 is 13.5. The van der Waals surface area contributed by atoms with Crippen LogP contribution in [0, 0.1) is 11.2 Å². The zero-order valence-corrected chi connectivity index (χ0v) is 10.4. The van der Waals surface area contributed by atoms with E-state index in [9.17, 15) is 14.0 Å². The van der Waals surface area contributed by atoms with Crippen LogP contribution in [0.15, 0.2) is 24.3 Å². The Labute approximate surface area is 110 Å². The number of anilines is 1. The monoisotopic (exact) mass is 262 g/mol. The fourth-order valence-electron chi connectivity index (χ4n) is 2.04. The van der Waals surface area contributed by atoms with Crippen LogP contribution in [0.1, 0.15) is 25.7 Å². The predicted molar refractivity (Wildman–Crippen MR) is 67.9 cm³/mol. The maximum Gasteiger partial charge on any atom is 0.240 e. The van der Waals surface area contributed by atoms with Gasteiger partial charge in [0.2, 0.25) is 11.8 Å². The third-order valence-electron chi connectivity index (χ3n) is 3.65. The Morgan fingerprint density at radius 3 is 2.42 bits per heavy atom. The van der Waals surface area contributed by atoms with E-state index < -0.39 is 17.1 Å². The molecule has 19 heavy (non-hydrogen) atoms. The lowest BCUT2D eigenvalue weighted by Gasteiger charge is -2.15. The van der Waals surface area contributed by atoms with Gasteiger partial charge in [0, 0.05) is 6.04 Å². The third-order valence-corrected chi connectivity index (χ3v) is 3.65. The van der Waals surface area contributed by atoms with Crippen LogP contribution >= 0.6 is 0 Å². The number of hydrogen-bond acceptors (Lipinski definition) is 2. The molecule has 100 valence electrons. The standard InChI is InChI=1S/C14H15FN2O2/c15-10-3-1-2-4-11(10)17-13(19)14(7-8-14)12(18)16-9-5-6-9/h1-4,9H,5-8H2,(H,16,18)(H,17,19). The molecule has 1 aromatic carbocycles. The quantitative estimate of drug-likeness (QED) is 0.813. The molecule has 2 aliphatic carbocycles. The van der Waals surface area contributed by atoms with Gasteiger partial charge in [0.05, 0.1) is 5.69 Å². The number of amides is 2. The number of carbonyl (C=O) groups is 2. The second-order valence-corrected chi connectivity index (χ2v) is 5.26. The van der Waals surface area contributed by atoms with Crippen molar-refractivity contribution >= 4 is 17.5 Å². The van der Waals surface area contributed by atoms with Gasteiger partial charge in [0.1, 0.15) is 11.2 Å². The molecule has 0 radical (unpaired) electrons. The summed E-state index contributed by atoms with van der Waals surface area (Å²) in [7, 11) is 0. The van der Waals surface area contributed by atoms with Crippen LogP contribution in [0.2, 0.25) is 0 Å². The molecule has 2 N–H and O–H groups in total. The van der Waals surface area contributed by atoms with Crippen molar-refractivity contribution in [2.24, 2.45) is 5.41 Å². The maximum absolute atomic E-state index is 13.5. The molecule has 0 bridgehead atoms. The lowest BCUT2D eigenvalue weighted by molar-refractivity contribution is -0.134. The molecule has 0 aliphatic heterocycles. The van der Waals surface area contributed by atoms with Crippen molar-refractivity contribution in [2.45, 2.75) is 31.7 Å². The fraction of sp³-hybridized carbons (Fsp3) is 0.429. The number of benzene rings is 1. The SMILES string of the molecule is O=C(Nc1ccccc1F)C1(C(=O)NC2CC2)CC1. The van der Waals surface area contributed by atoms with Gasteiger partial charge >= 0.3 is 0 Å². The minimum Gasteiger partial charge on any atom is -0.352 e. The van der Waals surface area contributed by atoms with Gasteiger partial charge in [-0.15, -0.1) is 0 Å². The summed E-state index contributed by atoms with van der Waals surface area (Å²) in [5.74, 6) is -1.12. The molecule has 0 aromatic heterocycles. The molecule has 2 amide bonds. The summed E-state index contributed by atoms with van der Waals surface area (Å²) >= 11 is 0. The number of halogens is 1. The molecule has 4 nitrogen and oxygen atoms in total. The van der Waals surface area contributed by atoms with Crippen LogP contribution in [0.25, 0.3) is 0 Å². The molecule has 2 aliphatic rings. The molecule has 1 aromatic rings. The molecule has 2 saturated carbocycles. The lowest BCUT2D eigenvalue weighted by Crippen LogP contribution is -2.41. The van der Waals surface area contributed by atoms with Crippen molar-refractivity contribution in [3.63, 3.8) is 0 Å². The van der Waals surface area contributed by atoms with Gasteiger partial charge in [0.15, 0.2) is 0 Å². The summed E-state index contributed by atoms with van der Waals surface area (Å²) in [5, 5.41) is 5.36. The van der Waals surface area contributed by atoms with Crippen LogP contribution in [-0.2, 0) is 9.59 Å². The summed E-state index contributed by atoms with van der Waals surface area (Å²) in [4.78, 5) is 24.2. The Bertz CT molecular complexity index is 536. The maximum atomic E-state index is 13.5. The Hall–Kier alpha value is -1.91. The van der Waals surface area contributed by atoms with Crippen molar-refractivity contribution in [3.05, 3.63) is 30.1 Å². The van der Waals surface area contributed by atoms with E-state index >= 15 is 0 Å². The van der Waals surface area contributed by atoms with Crippen LogP contribution in [0.5, 0.6) is 0 Å². The minimum absolute atomic E-state index is 0.123. The van der Waals surface area contributed by atoms with Gasteiger partial charge in [-0.2, -0.15) is 0 Å².